The van der Waals surface area contributed by atoms with Gasteiger partial charge in [0.05, 0.1) is 16.8 Å². The highest BCUT2D eigenvalue weighted by molar-refractivity contribution is 7.25. The molecule has 62 heavy (non-hydrogen) atoms. The second kappa shape index (κ2) is 14.8. The van der Waals surface area contributed by atoms with E-state index < -0.39 is 5.41 Å². The first-order valence-electron chi connectivity index (χ1n) is 21.1. The van der Waals surface area contributed by atoms with Gasteiger partial charge in [-0.25, -0.2) is 9.97 Å². The van der Waals surface area contributed by atoms with Crippen molar-refractivity contribution in [3.63, 3.8) is 0 Å². The zero-order chi connectivity index (χ0) is 41.0. The summed E-state index contributed by atoms with van der Waals surface area (Å²) in [4.78, 5) is 10.4. The van der Waals surface area contributed by atoms with Crippen LogP contribution in [0.1, 0.15) is 22.3 Å². The third kappa shape index (κ3) is 5.93. The molecule has 2 nitrogen and oxygen atoms in total. The Balaban J connectivity index is 0.936. The molecule has 0 aliphatic heterocycles. The van der Waals surface area contributed by atoms with E-state index in [-0.39, 0.29) is 0 Å². The van der Waals surface area contributed by atoms with Crippen molar-refractivity contribution in [3.8, 4) is 67.3 Å². The predicted molar refractivity (Wildman–Crippen MR) is 259 cm³/mol. The van der Waals surface area contributed by atoms with E-state index in [1.807, 2.05) is 29.5 Å². The molecule has 2 aromatic heterocycles. The van der Waals surface area contributed by atoms with E-state index in [0.717, 1.165) is 39.2 Å². The van der Waals surface area contributed by atoms with E-state index in [1.54, 1.807) is 0 Å². The summed E-state index contributed by atoms with van der Waals surface area (Å²) in [6.07, 6.45) is 0. The van der Waals surface area contributed by atoms with Crippen LogP contribution in [0.4, 0.5) is 0 Å². The number of rotatable bonds is 7. The Bertz CT molecular complexity index is 3410. The van der Waals surface area contributed by atoms with Gasteiger partial charge in [0.2, 0.25) is 0 Å². The van der Waals surface area contributed by atoms with Crippen LogP contribution in [0.15, 0.2) is 231 Å². The van der Waals surface area contributed by atoms with Crippen LogP contribution in [0.2, 0.25) is 0 Å². The summed E-state index contributed by atoms with van der Waals surface area (Å²) in [6.45, 7) is 0. The standard InChI is InChI=1S/C59H38N2S/c1-3-15-41(16-4-1)58-60-54(38-55(61-58)45-19-13-17-42(35-45)44-33-34-57-51(37-44)50-25-9-12-28-56(50)62-57)40-31-29-39(30-32-40)43-18-14-22-47(36-43)59(46-20-5-2-6-21-46)52-26-10-7-23-48(52)49-24-8-11-27-53(49)59/h1-38H. The second-order valence-electron chi connectivity index (χ2n) is 16.1. The van der Waals surface area contributed by atoms with Crippen molar-refractivity contribution < 1.29 is 0 Å². The molecule has 0 fully saturated rings. The van der Waals surface area contributed by atoms with Crippen molar-refractivity contribution in [1.82, 2.24) is 9.97 Å². The average Bonchev–Trinajstić information content (AvgIpc) is 3.88. The van der Waals surface area contributed by atoms with Gasteiger partial charge in [0.1, 0.15) is 0 Å². The van der Waals surface area contributed by atoms with Crippen LogP contribution >= 0.6 is 11.3 Å². The van der Waals surface area contributed by atoms with Gasteiger partial charge in [0.25, 0.3) is 0 Å². The molecule has 2 heterocycles. The maximum absolute atomic E-state index is 5.18. The first-order chi connectivity index (χ1) is 30.7. The Labute approximate surface area is 365 Å². The molecule has 0 saturated carbocycles. The Hall–Kier alpha value is -7.72. The van der Waals surface area contributed by atoms with Crippen LogP contribution in [0.3, 0.4) is 0 Å². The summed E-state index contributed by atoms with van der Waals surface area (Å²) in [5.41, 5.74) is 16.8. The fourth-order valence-electron chi connectivity index (χ4n) is 9.70. The lowest BCUT2D eigenvalue weighted by atomic mass is 9.67. The van der Waals surface area contributed by atoms with Crippen LogP contribution in [0.5, 0.6) is 0 Å². The summed E-state index contributed by atoms with van der Waals surface area (Å²) in [7, 11) is 0. The molecule has 0 bridgehead atoms. The molecule has 0 amide bonds. The van der Waals surface area contributed by atoms with E-state index in [9.17, 15) is 0 Å². The lowest BCUT2D eigenvalue weighted by Crippen LogP contribution is -2.28. The minimum atomic E-state index is -0.446. The van der Waals surface area contributed by atoms with Gasteiger partial charge in [-0.15, -0.1) is 11.3 Å². The number of thiophene rings is 1. The van der Waals surface area contributed by atoms with Crippen molar-refractivity contribution in [3.05, 3.63) is 253 Å². The maximum Gasteiger partial charge on any atom is 0.160 e. The molecule has 1 aliphatic rings. The summed E-state index contributed by atoms with van der Waals surface area (Å²) in [6, 6.07) is 83.5. The third-order valence-corrected chi connectivity index (χ3v) is 13.7. The average molecular weight is 807 g/mol. The van der Waals surface area contributed by atoms with Gasteiger partial charge in [-0.05, 0) is 92.0 Å². The first-order valence-corrected chi connectivity index (χ1v) is 22.0. The van der Waals surface area contributed by atoms with Crippen LogP contribution in [-0.4, -0.2) is 9.97 Å². The van der Waals surface area contributed by atoms with E-state index in [1.165, 1.54) is 64.7 Å². The van der Waals surface area contributed by atoms with Crippen LogP contribution in [0.25, 0.3) is 87.5 Å². The van der Waals surface area contributed by atoms with Gasteiger partial charge in [0.15, 0.2) is 5.82 Å². The molecule has 1 aliphatic carbocycles. The molecule has 11 aromatic rings. The molecule has 0 atom stereocenters. The van der Waals surface area contributed by atoms with E-state index in [4.69, 9.17) is 9.97 Å². The Morgan fingerprint density at radius 1 is 0.306 bits per heavy atom. The number of benzene rings is 9. The lowest BCUT2D eigenvalue weighted by Gasteiger charge is -2.34. The fraction of sp³-hybridized carbons (Fsp3) is 0.0169. The first kappa shape index (κ1) is 36.2. The number of fused-ring (bicyclic) bond motifs is 6. The van der Waals surface area contributed by atoms with Crippen LogP contribution in [0, 0.1) is 0 Å². The predicted octanol–water partition coefficient (Wildman–Crippen LogP) is 15.5. The summed E-state index contributed by atoms with van der Waals surface area (Å²) in [5.74, 6) is 0.703. The normalized spacial score (nSPS) is 12.6. The molecular formula is C59H38N2S. The van der Waals surface area contributed by atoms with E-state index in [2.05, 4.69) is 212 Å². The summed E-state index contributed by atoms with van der Waals surface area (Å²) in [5, 5.41) is 2.60. The zero-order valence-corrected chi connectivity index (χ0v) is 34.6. The van der Waals surface area contributed by atoms with E-state index >= 15 is 0 Å². The minimum absolute atomic E-state index is 0.446. The lowest BCUT2D eigenvalue weighted by molar-refractivity contribution is 0.769. The van der Waals surface area contributed by atoms with E-state index in [0.29, 0.717) is 5.82 Å². The van der Waals surface area contributed by atoms with Crippen LogP contribution in [-0.2, 0) is 5.41 Å². The maximum atomic E-state index is 5.18. The summed E-state index contributed by atoms with van der Waals surface area (Å²) < 4.78 is 2.62. The van der Waals surface area contributed by atoms with Gasteiger partial charge in [0, 0.05) is 36.9 Å². The summed E-state index contributed by atoms with van der Waals surface area (Å²) >= 11 is 1.85. The van der Waals surface area contributed by atoms with Gasteiger partial charge >= 0.3 is 0 Å². The Kier molecular flexibility index (Phi) is 8.62. The molecule has 0 unspecified atom stereocenters. The highest BCUT2D eigenvalue weighted by atomic mass is 32.1. The van der Waals surface area contributed by atoms with Gasteiger partial charge in [-0.2, -0.15) is 0 Å². The molecule has 0 radical (unpaired) electrons. The molecule has 0 saturated heterocycles. The number of aromatic nitrogens is 2. The quantitative estimate of drug-likeness (QED) is 0.160. The smallest absolute Gasteiger partial charge is 0.160 e. The Morgan fingerprint density at radius 3 is 1.58 bits per heavy atom. The second-order valence-corrected chi connectivity index (χ2v) is 17.2. The molecule has 0 N–H and O–H groups in total. The molecule has 290 valence electrons. The number of hydrogen-bond acceptors (Lipinski definition) is 3. The molecule has 0 spiro atoms. The molecule has 3 heteroatoms. The monoisotopic (exact) mass is 806 g/mol. The highest BCUT2D eigenvalue weighted by Crippen LogP contribution is 2.56. The van der Waals surface area contributed by atoms with Crippen LogP contribution < -0.4 is 0 Å². The van der Waals surface area contributed by atoms with Gasteiger partial charge < -0.3 is 0 Å². The largest absolute Gasteiger partial charge is 0.228 e. The van der Waals surface area contributed by atoms with Gasteiger partial charge in [-0.1, -0.05) is 194 Å². The van der Waals surface area contributed by atoms with Gasteiger partial charge in [-0.3, -0.25) is 0 Å². The van der Waals surface area contributed by atoms with Crippen molar-refractivity contribution in [2.45, 2.75) is 5.41 Å². The fourth-order valence-corrected chi connectivity index (χ4v) is 10.8. The third-order valence-electron chi connectivity index (χ3n) is 12.6. The van der Waals surface area contributed by atoms with Crippen molar-refractivity contribution in [1.29, 1.82) is 0 Å². The molecule has 12 rings (SSSR count). The number of nitrogens with zero attached hydrogens (tertiary/aromatic N) is 2. The molecular weight excluding hydrogens is 769 g/mol. The minimum Gasteiger partial charge on any atom is -0.228 e. The SMILES string of the molecule is c1ccc(-c2nc(-c3ccc(-c4cccc(C5(c6ccccc6)c6ccccc6-c6ccccc65)c4)cc3)cc(-c3cccc(-c4ccc5sc6ccccc6c5c4)c3)n2)cc1. The topological polar surface area (TPSA) is 25.8 Å². The van der Waals surface area contributed by atoms with Crippen molar-refractivity contribution in [2.24, 2.45) is 0 Å². The van der Waals surface area contributed by atoms with Crippen molar-refractivity contribution >= 4 is 31.5 Å². The number of hydrogen-bond donors (Lipinski definition) is 0. The zero-order valence-electron chi connectivity index (χ0n) is 33.7. The van der Waals surface area contributed by atoms with Crippen molar-refractivity contribution in [2.75, 3.05) is 0 Å². The molecule has 9 aromatic carbocycles. The Morgan fingerprint density at radius 2 is 0.823 bits per heavy atom. The highest BCUT2D eigenvalue weighted by Gasteiger charge is 2.45.